The van der Waals surface area contributed by atoms with Crippen LogP contribution in [0.25, 0.3) is 6.08 Å². The number of amides is 2. The number of benzene rings is 1. The van der Waals surface area contributed by atoms with Gasteiger partial charge in [0, 0.05) is 17.0 Å². The first-order valence-electron chi connectivity index (χ1n) is 7.07. The summed E-state index contributed by atoms with van der Waals surface area (Å²) in [5, 5.41) is 0. The third-order valence-electron chi connectivity index (χ3n) is 3.45. The predicted molar refractivity (Wildman–Crippen MR) is 90.8 cm³/mol. The highest BCUT2D eigenvalue weighted by Crippen LogP contribution is 2.21. The summed E-state index contributed by atoms with van der Waals surface area (Å²) in [7, 11) is -3.00. The number of hydrogen-bond acceptors (Lipinski definition) is 4. The Labute approximate surface area is 143 Å². The number of sulfone groups is 1. The molecule has 2 amide bonds. The summed E-state index contributed by atoms with van der Waals surface area (Å²) >= 11 is 3.36. The molecule has 0 aromatic heterocycles. The van der Waals surface area contributed by atoms with Gasteiger partial charge in [0.15, 0.2) is 9.84 Å². The van der Waals surface area contributed by atoms with Crippen LogP contribution in [0.2, 0.25) is 0 Å². The normalized spacial score (nSPS) is 19.6. The van der Waals surface area contributed by atoms with Crippen LogP contribution in [0.4, 0.5) is 0 Å². The van der Waals surface area contributed by atoms with Crippen LogP contribution in [0, 0.1) is 5.92 Å². The maximum atomic E-state index is 11.7. The van der Waals surface area contributed by atoms with Gasteiger partial charge >= 0.3 is 0 Å². The minimum absolute atomic E-state index is 0.0380. The average molecular weight is 401 g/mol. The van der Waals surface area contributed by atoms with E-state index in [0.717, 1.165) is 10.0 Å². The molecule has 1 heterocycles. The van der Waals surface area contributed by atoms with Crippen LogP contribution in [0.5, 0.6) is 0 Å². The van der Waals surface area contributed by atoms with Crippen LogP contribution >= 0.6 is 15.9 Å². The fourth-order valence-electron chi connectivity index (χ4n) is 2.29. The molecule has 1 aromatic carbocycles. The molecule has 8 heteroatoms. The maximum absolute atomic E-state index is 11.7. The first-order valence-corrected chi connectivity index (χ1v) is 9.69. The summed E-state index contributed by atoms with van der Waals surface area (Å²) in [6.07, 6.45) is 3.51. The third kappa shape index (κ3) is 5.80. The zero-order valence-corrected chi connectivity index (χ0v) is 14.7. The van der Waals surface area contributed by atoms with E-state index in [0.29, 0.717) is 6.42 Å². The molecule has 0 aliphatic carbocycles. The number of hydrazine groups is 1. The number of carbonyl (C=O) groups excluding carboxylic acids is 2. The van der Waals surface area contributed by atoms with E-state index in [1.807, 2.05) is 24.3 Å². The Kier molecular flexibility index (Phi) is 5.95. The van der Waals surface area contributed by atoms with Gasteiger partial charge in [0.25, 0.3) is 5.91 Å². The van der Waals surface area contributed by atoms with Crippen LogP contribution in [-0.4, -0.2) is 31.7 Å². The van der Waals surface area contributed by atoms with Crippen LogP contribution in [0.15, 0.2) is 34.8 Å². The van der Waals surface area contributed by atoms with Gasteiger partial charge in [-0.05, 0) is 30.0 Å². The zero-order valence-electron chi connectivity index (χ0n) is 12.3. The molecule has 23 heavy (non-hydrogen) atoms. The highest BCUT2D eigenvalue weighted by molar-refractivity contribution is 9.10. The molecule has 1 aromatic rings. The first kappa shape index (κ1) is 17.7. The molecule has 1 fully saturated rings. The molecule has 0 bridgehead atoms. The Morgan fingerprint density at radius 2 is 2.00 bits per heavy atom. The average Bonchev–Trinajstić information content (AvgIpc) is 2.83. The van der Waals surface area contributed by atoms with Crippen LogP contribution in [-0.2, 0) is 19.4 Å². The number of carbonyl (C=O) groups is 2. The molecule has 6 nitrogen and oxygen atoms in total. The highest BCUT2D eigenvalue weighted by atomic mass is 79.9. The van der Waals surface area contributed by atoms with E-state index in [4.69, 9.17) is 0 Å². The molecular formula is C15H17BrN2O4S. The second kappa shape index (κ2) is 7.74. The monoisotopic (exact) mass is 400 g/mol. The fraction of sp³-hybridized carbons (Fsp3) is 0.333. The Morgan fingerprint density at radius 1 is 1.26 bits per heavy atom. The lowest BCUT2D eigenvalue weighted by molar-refractivity contribution is -0.127. The van der Waals surface area contributed by atoms with E-state index in [2.05, 4.69) is 26.8 Å². The van der Waals surface area contributed by atoms with E-state index in [1.165, 1.54) is 6.08 Å². The summed E-state index contributed by atoms with van der Waals surface area (Å²) < 4.78 is 23.5. The SMILES string of the molecule is O=C(/C=C/c1ccccc1Br)NNC(=O)C[C@@H]1CCS(=O)(=O)C1. The van der Waals surface area contributed by atoms with Crippen molar-refractivity contribution >= 4 is 43.7 Å². The van der Waals surface area contributed by atoms with E-state index < -0.39 is 21.7 Å². The van der Waals surface area contributed by atoms with Crippen molar-refractivity contribution in [3.63, 3.8) is 0 Å². The van der Waals surface area contributed by atoms with Gasteiger partial charge in [-0.3, -0.25) is 20.4 Å². The first-order chi connectivity index (χ1) is 10.9. The molecule has 1 saturated heterocycles. The highest BCUT2D eigenvalue weighted by Gasteiger charge is 2.29. The van der Waals surface area contributed by atoms with E-state index in [1.54, 1.807) is 6.08 Å². The molecule has 0 saturated carbocycles. The van der Waals surface area contributed by atoms with Gasteiger partial charge in [-0.1, -0.05) is 34.1 Å². The number of hydrogen-bond donors (Lipinski definition) is 2. The molecule has 1 aliphatic heterocycles. The van der Waals surface area contributed by atoms with Gasteiger partial charge in [0.1, 0.15) is 0 Å². The molecule has 2 rings (SSSR count). The van der Waals surface area contributed by atoms with Crippen molar-refractivity contribution in [2.24, 2.45) is 5.92 Å². The summed E-state index contributed by atoms with van der Waals surface area (Å²) in [5.74, 6) is -0.863. The number of halogens is 1. The molecular weight excluding hydrogens is 384 g/mol. The fourth-order valence-corrected chi connectivity index (χ4v) is 4.57. The van der Waals surface area contributed by atoms with Crippen molar-refractivity contribution in [3.05, 3.63) is 40.4 Å². The standard InChI is InChI=1S/C15H17BrN2O4S/c16-13-4-2-1-3-12(13)5-6-14(19)17-18-15(20)9-11-7-8-23(21,22)10-11/h1-6,11H,7-10H2,(H,17,19)(H,18,20)/b6-5+/t11-/m0/s1. The van der Waals surface area contributed by atoms with Gasteiger partial charge in [-0.2, -0.15) is 0 Å². The van der Waals surface area contributed by atoms with Gasteiger partial charge in [-0.15, -0.1) is 0 Å². The summed E-state index contributed by atoms with van der Waals surface area (Å²) in [6.45, 7) is 0. The summed E-state index contributed by atoms with van der Waals surface area (Å²) in [5.41, 5.74) is 5.41. The molecule has 0 unspecified atom stereocenters. The third-order valence-corrected chi connectivity index (χ3v) is 6.00. The number of rotatable bonds is 4. The molecule has 0 radical (unpaired) electrons. The number of nitrogens with one attached hydrogen (secondary N) is 2. The minimum Gasteiger partial charge on any atom is -0.273 e. The van der Waals surface area contributed by atoms with Gasteiger partial charge in [0.2, 0.25) is 5.91 Å². The van der Waals surface area contributed by atoms with Crippen LogP contribution in [0.1, 0.15) is 18.4 Å². The largest absolute Gasteiger partial charge is 0.273 e. The predicted octanol–water partition coefficient (Wildman–Crippen LogP) is 1.43. The lowest BCUT2D eigenvalue weighted by Crippen LogP contribution is -2.41. The van der Waals surface area contributed by atoms with Crippen molar-refractivity contribution in [1.29, 1.82) is 0 Å². The van der Waals surface area contributed by atoms with Crippen molar-refractivity contribution in [3.8, 4) is 0 Å². The molecule has 124 valence electrons. The molecule has 2 N–H and O–H groups in total. The van der Waals surface area contributed by atoms with Crippen molar-refractivity contribution in [2.75, 3.05) is 11.5 Å². The summed E-state index contributed by atoms with van der Waals surface area (Å²) in [6, 6.07) is 7.41. The van der Waals surface area contributed by atoms with E-state index in [-0.39, 0.29) is 23.8 Å². The maximum Gasteiger partial charge on any atom is 0.262 e. The molecule has 0 spiro atoms. The zero-order chi connectivity index (χ0) is 16.9. The van der Waals surface area contributed by atoms with Crippen LogP contribution < -0.4 is 10.9 Å². The second-order valence-electron chi connectivity index (χ2n) is 5.37. The van der Waals surface area contributed by atoms with Crippen molar-refractivity contribution in [1.82, 2.24) is 10.9 Å². The minimum atomic E-state index is -3.00. The lowest BCUT2D eigenvalue weighted by atomic mass is 10.1. The van der Waals surface area contributed by atoms with Crippen molar-refractivity contribution in [2.45, 2.75) is 12.8 Å². The Morgan fingerprint density at radius 3 is 2.65 bits per heavy atom. The quantitative estimate of drug-likeness (QED) is 0.590. The van der Waals surface area contributed by atoms with E-state index >= 15 is 0 Å². The second-order valence-corrected chi connectivity index (χ2v) is 8.45. The molecule has 1 aliphatic rings. The molecule has 1 atom stereocenters. The smallest absolute Gasteiger partial charge is 0.262 e. The van der Waals surface area contributed by atoms with Gasteiger partial charge in [0.05, 0.1) is 11.5 Å². The van der Waals surface area contributed by atoms with E-state index in [9.17, 15) is 18.0 Å². The van der Waals surface area contributed by atoms with Crippen molar-refractivity contribution < 1.29 is 18.0 Å². The Balaban J connectivity index is 1.76. The lowest BCUT2D eigenvalue weighted by Gasteiger charge is -2.08. The Bertz CT molecular complexity index is 731. The topological polar surface area (TPSA) is 92.3 Å². The van der Waals surface area contributed by atoms with Gasteiger partial charge < -0.3 is 0 Å². The van der Waals surface area contributed by atoms with Gasteiger partial charge in [-0.25, -0.2) is 8.42 Å². The van der Waals surface area contributed by atoms with Crippen LogP contribution in [0.3, 0.4) is 0 Å². The Hall–Kier alpha value is -1.67. The summed E-state index contributed by atoms with van der Waals surface area (Å²) in [4.78, 5) is 23.3.